The van der Waals surface area contributed by atoms with Crippen molar-refractivity contribution in [2.24, 2.45) is 23.7 Å². The first kappa shape index (κ1) is 120. The molecule has 0 saturated carbocycles. The second kappa shape index (κ2) is 58.7. The Morgan fingerprint density at radius 3 is 0.674 bits per heavy atom. The summed E-state index contributed by atoms with van der Waals surface area (Å²) in [7, 11) is 0. The lowest BCUT2D eigenvalue weighted by Crippen LogP contribution is -2.37. The van der Waals surface area contributed by atoms with Crippen LogP contribution >= 0.6 is 63.7 Å². The predicted molar refractivity (Wildman–Crippen MR) is 527 cm³/mol. The number of aliphatic carboxylic acids is 1. The summed E-state index contributed by atoms with van der Waals surface area (Å²) in [5.74, 6) is -2.69. The number of esters is 3. The predicted octanol–water partition coefficient (Wildman–Crippen LogP) is 26.7. The van der Waals surface area contributed by atoms with Crippen molar-refractivity contribution in [3.8, 4) is 0 Å². The lowest BCUT2D eigenvalue weighted by Gasteiger charge is -2.24. The molecule has 8 aromatic carbocycles. The van der Waals surface area contributed by atoms with Gasteiger partial charge in [-0.1, -0.05) is 180 Å². The van der Waals surface area contributed by atoms with E-state index in [0.29, 0.717) is 42.0 Å². The van der Waals surface area contributed by atoms with Crippen LogP contribution in [0.4, 0.5) is 89.2 Å². The summed E-state index contributed by atoms with van der Waals surface area (Å²) in [6.07, 6.45) is -17.4. The molecule has 0 radical (unpaired) electrons. The first-order valence-corrected chi connectivity index (χ1v) is 46.5. The molecule has 0 fully saturated rings. The van der Waals surface area contributed by atoms with Crippen LogP contribution in [0.25, 0.3) is 0 Å². The van der Waals surface area contributed by atoms with E-state index in [2.05, 4.69) is 95.6 Å². The van der Waals surface area contributed by atoms with E-state index < -0.39 is 137 Å². The molecule has 0 aliphatic rings. The Labute approximate surface area is 833 Å². The van der Waals surface area contributed by atoms with E-state index in [9.17, 15) is 89.0 Å². The van der Waals surface area contributed by atoms with Gasteiger partial charge in [-0.3, -0.25) is 41.5 Å². The minimum atomic E-state index is -4.46. The molecule has 0 aliphatic heterocycles. The van der Waals surface area contributed by atoms with Gasteiger partial charge in [0.25, 0.3) is 0 Å². The van der Waals surface area contributed by atoms with Crippen molar-refractivity contribution in [2.75, 3.05) is 31.9 Å². The first-order chi connectivity index (χ1) is 64.1. The fourth-order valence-corrected chi connectivity index (χ4v) is 12.1. The Bertz CT molecular complexity index is 5160. The third-order valence-corrected chi connectivity index (χ3v) is 19.4. The molecule has 0 bridgehead atoms. The van der Waals surface area contributed by atoms with Crippen molar-refractivity contribution in [3.63, 3.8) is 0 Å². The van der Waals surface area contributed by atoms with Gasteiger partial charge in [0.15, 0.2) is 23.8 Å². The topological polar surface area (TPSA) is 380 Å². The molecule has 8 aromatic rings. The third kappa shape index (κ3) is 53.7. The summed E-state index contributed by atoms with van der Waals surface area (Å²) < 4.78 is 125. The van der Waals surface area contributed by atoms with Gasteiger partial charge in [0, 0.05) is 64.9 Å². The Morgan fingerprint density at radius 1 is 0.283 bits per heavy atom. The van der Waals surface area contributed by atoms with Crippen LogP contribution in [0.5, 0.6) is 0 Å². The van der Waals surface area contributed by atoms with E-state index in [-0.39, 0.29) is 65.9 Å². The molecule has 28 nitrogen and oxygen atoms in total. The van der Waals surface area contributed by atoms with Gasteiger partial charge in [-0.05, 0) is 282 Å². The summed E-state index contributed by atoms with van der Waals surface area (Å²) in [5, 5.41) is 24.1. The van der Waals surface area contributed by atoms with Gasteiger partial charge < -0.3 is 47.7 Å². The molecule has 752 valence electrons. The number of Topliss-reactive ketones (excluding diaryl/α,β-unsaturated/α-hetero) is 2. The van der Waals surface area contributed by atoms with Gasteiger partial charge in [0.05, 0.1) is 11.1 Å². The number of rotatable bonds is 30. The maximum absolute atomic E-state index is 12.5. The van der Waals surface area contributed by atoms with Gasteiger partial charge in [-0.25, -0.2) is 47.9 Å². The van der Waals surface area contributed by atoms with Crippen LogP contribution in [-0.4, -0.2) is 131 Å². The molecule has 38 heteroatoms. The number of hydrogen-bond acceptors (Lipinski definition) is 21. The summed E-state index contributed by atoms with van der Waals surface area (Å²) in [6, 6.07) is 54.3. The van der Waals surface area contributed by atoms with Crippen molar-refractivity contribution >= 4 is 170 Å². The summed E-state index contributed by atoms with van der Waals surface area (Å²) >= 11 is 13.2. The number of carboxylic acid groups (broad SMARTS) is 1. The Hall–Kier alpha value is -11.9. The highest BCUT2D eigenvalue weighted by atomic mass is 79.9. The minimum absolute atomic E-state index is 0.0615. The average Bonchev–Trinajstić information content (AvgIpc) is 0.845. The van der Waals surface area contributed by atoms with Gasteiger partial charge in [-0.15, -0.1) is 0 Å². The van der Waals surface area contributed by atoms with E-state index in [0.717, 1.165) is 77.5 Å². The summed E-state index contributed by atoms with van der Waals surface area (Å²) in [4.78, 5) is 142. The Balaban J connectivity index is 0.000000427. The first-order valence-electron chi connectivity index (χ1n) is 43.3. The number of ketones is 2. The van der Waals surface area contributed by atoms with Crippen molar-refractivity contribution in [2.45, 2.75) is 236 Å². The fraction of sp³-hybridized carbons (Fsp3) is 0.400. The van der Waals surface area contributed by atoms with Gasteiger partial charge in [-0.2, -0.15) is 26.3 Å². The average molecular weight is 2190 g/mol. The molecule has 0 spiro atoms. The lowest BCUT2D eigenvalue weighted by atomic mass is 10.0. The summed E-state index contributed by atoms with van der Waals surface area (Å²) in [6.45, 7) is 33.8. The maximum atomic E-state index is 12.5. The summed E-state index contributed by atoms with van der Waals surface area (Å²) in [5.41, 5.74) is 0.570. The number of benzene rings is 8. The molecule has 138 heavy (non-hydrogen) atoms. The van der Waals surface area contributed by atoms with E-state index >= 15 is 0 Å². The zero-order chi connectivity index (χ0) is 104. The van der Waals surface area contributed by atoms with Gasteiger partial charge in [0.1, 0.15) is 16.8 Å². The van der Waals surface area contributed by atoms with Crippen LogP contribution in [0.1, 0.15) is 179 Å². The number of amides is 6. The van der Waals surface area contributed by atoms with Crippen molar-refractivity contribution < 1.29 is 132 Å². The second-order valence-electron chi connectivity index (χ2n) is 35.3. The van der Waals surface area contributed by atoms with Crippen molar-refractivity contribution in [3.05, 3.63) is 246 Å². The molecule has 0 aromatic heterocycles. The van der Waals surface area contributed by atoms with Crippen LogP contribution in [0, 0.1) is 23.7 Å². The van der Waals surface area contributed by atoms with Crippen LogP contribution in [0.2, 0.25) is 0 Å². The lowest BCUT2D eigenvalue weighted by molar-refractivity contribution is -0.166. The van der Waals surface area contributed by atoms with Crippen LogP contribution < -0.4 is 31.9 Å². The number of carboxylic acids is 1. The molecule has 8 rings (SSSR count). The number of alkyl halides is 6. The molecule has 6 atom stereocenters. The molecule has 6 amide bonds. The Kier molecular flexibility index (Phi) is 51.2. The molecule has 0 saturated heterocycles. The normalized spacial score (nSPS) is 12.4. The monoisotopic (exact) mass is 2190 g/mol. The van der Waals surface area contributed by atoms with E-state index in [1.165, 1.54) is 13.8 Å². The van der Waals surface area contributed by atoms with Crippen LogP contribution in [0.3, 0.4) is 0 Å². The third-order valence-electron chi connectivity index (χ3n) is 17.2. The number of nitrogens with one attached hydrogen (secondary N) is 6. The molecule has 0 heterocycles. The number of anilines is 6. The van der Waals surface area contributed by atoms with Crippen molar-refractivity contribution in [1.82, 2.24) is 0 Å². The minimum Gasteiger partial charge on any atom is -0.478 e. The largest absolute Gasteiger partial charge is 0.478 e. The fourth-order valence-electron chi connectivity index (χ4n) is 11.1. The van der Waals surface area contributed by atoms with Crippen LogP contribution in [-0.2, 0) is 96.6 Å². The second-order valence-corrected chi connectivity index (χ2v) is 39.0. The molecule has 7 N–H and O–H groups in total. The number of halogens is 10. The number of carbonyl (C=O) groups is 12. The zero-order valence-electron chi connectivity index (χ0n) is 79.9. The van der Waals surface area contributed by atoms with Gasteiger partial charge in [0.2, 0.25) is 24.4 Å². The highest BCUT2D eigenvalue weighted by Gasteiger charge is 2.36. The van der Waals surface area contributed by atoms with E-state index in [1.54, 1.807) is 172 Å². The molecular formula is C100H120Br4F6N6O22. The molecule has 0 aliphatic carbocycles. The highest BCUT2D eigenvalue weighted by Crippen LogP contribution is 2.33. The highest BCUT2D eigenvalue weighted by molar-refractivity contribution is 9.11. The SMILES string of the molecule is CC(=O)[C@H](CC(C)C)OC(=O)Nc1ccc(Br)cc1.CC(=O)[C@H](CC(C)C)OC(=O)Nc1ccc(C(F)(F)F)cc1.CC(C)(C)OC(=O)[C@H](Cc1ccccc1)OC(=O)Nc1ccc(Br)cc1.CC(C)C[C@H](OC(=O)Nc1ccc(Br)cc1)C(=O)OC(C)(C)C.CC(C)C[C@H](OC(=O)Nc1ccc(C(F)(F)F)cc1)C(=O)OC(C)(C)C.O=C(Nc1ccc(Br)cc1)O[C@@H](Cc1ccccc1)C(=O)O. The quantitative estimate of drug-likeness (QED) is 0.0125. The standard InChI is InChI=1S/C20H22BrNO4.C18H24F3NO4.C17H24BrNO4.C16H14BrNO4.C15H18F3NO3.C14H18BrNO3/c1-20(2,3)26-18(23)17(13-14-7-5-4-6-8-14)25-19(24)22-16-11-9-15(21)10-12-16;1-11(2)10-14(15(23)26-17(3,4)5)25-16(24)22-13-8-6-12(7-9-13)18(19,20)21;1-11(2)10-14(15(20)23-17(3,4)5)22-16(21)19-13-8-6-12(18)7-9-13;17-12-6-8-13(9-7-12)18-16(21)22-14(15(19)20)10-11-4-2-1-3-5-11;1-9(2)8-13(10(3)20)22-14(21)19-12-6-4-11(5-7-12)15(16,17)18;1-9(2)8-13(10(3)17)19-14(18)16-12-6-4-11(15)5-7-12/h4-12,17H,13H2,1-3H3,(H,22,24);6-9,11,14H,10H2,1-5H3,(H,22,24);6-9,11,14H,10H2,1-5H3,(H,19,21);1-9,14H,10H2,(H,18,21)(H,19,20);4-7,9,13H,8H2,1-3H3,(H,19,21);4-7,9,13H,8H2,1-3H3,(H,16,18)/t17-;3*14-;2*13-/m000000/s1. The number of hydrogen-bond donors (Lipinski definition) is 7. The Morgan fingerprint density at radius 2 is 0.471 bits per heavy atom. The van der Waals surface area contributed by atoms with Gasteiger partial charge >= 0.3 is 72.8 Å². The smallest absolute Gasteiger partial charge is 0.416 e. The molecule has 0 unspecified atom stereocenters. The number of ether oxygens (including phenoxy) is 9. The maximum Gasteiger partial charge on any atom is 0.416 e. The van der Waals surface area contributed by atoms with E-state index in [1.807, 2.05) is 104 Å². The van der Waals surface area contributed by atoms with E-state index in [4.69, 9.17) is 42.6 Å². The number of carbonyl (C=O) groups excluding carboxylic acids is 11. The zero-order valence-corrected chi connectivity index (χ0v) is 86.3. The van der Waals surface area contributed by atoms with Crippen molar-refractivity contribution in [1.29, 1.82) is 0 Å². The molecular weight excluding hydrogens is 2070 g/mol. The van der Waals surface area contributed by atoms with Crippen LogP contribution in [0.15, 0.2) is 224 Å².